The second kappa shape index (κ2) is 7.21. The van der Waals surface area contributed by atoms with Crippen molar-refractivity contribution < 1.29 is 4.74 Å². The van der Waals surface area contributed by atoms with Crippen LogP contribution in [0.1, 0.15) is 29.2 Å². The van der Waals surface area contributed by atoms with Crippen molar-refractivity contribution in [3.8, 4) is 5.75 Å². The molecule has 0 atom stereocenters. The van der Waals surface area contributed by atoms with Gasteiger partial charge < -0.3 is 9.64 Å². The van der Waals surface area contributed by atoms with Crippen molar-refractivity contribution in [1.82, 2.24) is 0 Å². The first-order valence-electron chi connectivity index (χ1n) is 7.81. The highest BCUT2D eigenvalue weighted by Crippen LogP contribution is 2.28. The lowest BCUT2D eigenvalue weighted by Gasteiger charge is -2.27. The van der Waals surface area contributed by atoms with Crippen LogP contribution in [0.15, 0.2) is 54.4 Å². The molecule has 2 heteroatoms. The largest absolute Gasteiger partial charge is 0.497 e. The molecule has 0 saturated heterocycles. The molecule has 0 aliphatic rings. The lowest BCUT2D eigenvalue weighted by molar-refractivity contribution is 0.414. The Morgan fingerprint density at radius 1 is 1.09 bits per heavy atom. The molecule has 0 fully saturated rings. The minimum atomic E-state index is 0.766. The van der Waals surface area contributed by atoms with Gasteiger partial charge in [0.15, 0.2) is 0 Å². The molecule has 120 valence electrons. The second-order valence-electron chi connectivity index (χ2n) is 5.93. The first kappa shape index (κ1) is 16.9. The maximum Gasteiger partial charge on any atom is 0.119 e. The van der Waals surface area contributed by atoms with E-state index in [-0.39, 0.29) is 0 Å². The second-order valence-corrected chi connectivity index (χ2v) is 5.93. The van der Waals surface area contributed by atoms with Crippen LogP contribution in [0.5, 0.6) is 5.75 Å². The Hall–Kier alpha value is -2.44. The molecule has 2 nitrogen and oxygen atoms in total. The van der Waals surface area contributed by atoms with Crippen molar-refractivity contribution in [1.29, 1.82) is 0 Å². The predicted molar refractivity (Wildman–Crippen MR) is 98.2 cm³/mol. The molecule has 0 unspecified atom stereocenters. The van der Waals surface area contributed by atoms with Crippen molar-refractivity contribution in [2.24, 2.45) is 0 Å². The number of allylic oxidation sites excluding steroid dienone is 1. The number of anilines is 1. The van der Waals surface area contributed by atoms with Gasteiger partial charge in [-0.05, 0) is 68.1 Å². The number of hydrogen-bond donors (Lipinski definition) is 0. The zero-order valence-corrected chi connectivity index (χ0v) is 14.7. The van der Waals surface area contributed by atoms with Gasteiger partial charge in [-0.2, -0.15) is 0 Å². The zero-order chi connectivity index (χ0) is 17.0. The van der Waals surface area contributed by atoms with E-state index < -0.39 is 0 Å². The van der Waals surface area contributed by atoms with E-state index in [1.807, 2.05) is 13.0 Å². The highest BCUT2D eigenvalue weighted by molar-refractivity contribution is 5.59. The standard InChI is InChI=1S/C21H25NO/c1-7-18(5)22(21-12-15(2)8-9-17(21)4)14-19-13-20(23-6)11-10-16(19)3/h8-13H,1,14H2,2-6H3. The Labute approximate surface area is 139 Å². The predicted octanol–water partition coefficient (Wildman–Crippen LogP) is 5.32. The fourth-order valence-corrected chi connectivity index (χ4v) is 2.61. The molecule has 0 N–H and O–H groups in total. The first-order valence-corrected chi connectivity index (χ1v) is 7.81. The van der Waals surface area contributed by atoms with E-state index >= 15 is 0 Å². The monoisotopic (exact) mass is 307 g/mol. The Morgan fingerprint density at radius 2 is 1.78 bits per heavy atom. The number of ether oxygens (including phenoxy) is 1. The van der Waals surface area contributed by atoms with Crippen molar-refractivity contribution in [2.75, 3.05) is 12.0 Å². The molecule has 0 bridgehead atoms. The molecular weight excluding hydrogens is 282 g/mol. The Kier molecular flexibility index (Phi) is 5.31. The minimum absolute atomic E-state index is 0.766. The normalized spacial score (nSPS) is 10.1. The van der Waals surface area contributed by atoms with Gasteiger partial charge in [-0.15, -0.1) is 5.73 Å². The summed E-state index contributed by atoms with van der Waals surface area (Å²) in [5, 5.41) is 0. The minimum Gasteiger partial charge on any atom is -0.497 e. The van der Waals surface area contributed by atoms with Gasteiger partial charge in [0.2, 0.25) is 0 Å². The van der Waals surface area contributed by atoms with Gasteiger partial charge in [-0.3, -0.25) is 0 Å². The van der Waals surface area contributed by atoms with Gasteiger partial charge >= 0.3 is 0 Å². The van der Waals surface area contributed by atoms with Crippen LogP contribution in [-0.2, 0) is 6.54 Å². The van der Waals surface area contributed by atoms with Crippen molar-refractivity contribution in [3.63, 3.8) is 0 Å². The van der Waals surface area contributed by atoms with Crippen molar-refractivity contribution in [2.45, 2.75) is 34.2 Å². The lowest BCUT2D eigenvalue weighted by atomic mass is 10.1. The van der Waals surface area contributed by atoms with Gasteiger partial charge in [0, 0.05) is 12.2 Å². The van der Waals surface area contributed by atoms with Crippen LogP contribution >= 0.6 is 0 Å². The molecule has 0 aliphatic carbocycles. The molecular formula is C21H25NO. The molecule has 0 radical (unpaired) electrons. The van der Waals surface area contributed by atoms with Crippen LogP contribution in [0.2, 0.25) is 0 Å². The highest BCUT2D eigenvalue weighted by atomic mass is 16.5. The SMILES string of the molecule is C=C=C(C)N(Cc1cc(OC)ccc1C)c1cc(C)ccc1C. The quantitative estimate of drug-likeness (QED) is 0.694. The molecule has 2 rings (SSSR count). The number of methoxy groups -OCH3 is 1. The van der Waals surface area contributed by atoms with Crippen LogP contribution in [0, 0.1) is 20.8 Å². The Balaban J connectivity index is 2.49. The number of rotatable bonds is 5. The number of aryl methyl sites for hydroxylation is 3. The molecule has 0 saturated carbocycles. The molecule has 0 amide bonds. The fraction of sp³-hybridized carbons (Fsp3) is 0.286. The fourth-order valence-electron chi connectivity index (χ4n) is 2.61. The summed E-state index contributed by atoms with van der Waals surface area (Å²) in [5.41, 5.74) is 10.2. The van der Waals surface area contributed by atoms with E-state index in [1.54, 1.807) is 7.11 Å². The zero-order valence-electron chi connectivity index (χ0n) is 14.7. The Morgan fingerprint density at radius 3 is 2.43 bits per heavy atom. The van der Waals surface area contributed by atoms with E-state index in [1.165, 1.54) is 27.9 Å². The molecule has 0 heterocycles. The van der Waals surface area contributed by atoms with Gasteiger partial charge in [0.25, 0.3) is 0 Å². The average molecular weight is 307 g/mol. The maximum absolute atomic E-state index is 5.37. The third-order valence-corrected chi connectivity index (χ3v) is 4.20. The van der Waals surface area contributed by atoms with Crippen LogP contribution in [0.25, 0.3) is 0 Å². The number of benzene rings is 2. The first-order chi connectivity index (χ1) is 11.0. The lowest BCUT2D eigenvalue weighted by Crippen LogP contribution is -2.21. The molecule has 0 aromatic heterocycles. The van der Waals surface area contributed by atoms with Crippen LogP contribution in [-0.4, -0.2) is 7.11 Å². The van der Waals surface area contributed by atoms with E-state index in [2.05, 4.69) is 68.3 Å². The van der Waals surface area contributed by atoms with Crippen LogP contribution in [0.4, 0.5) is 5.69 Å². The summed E-state index contributed by atoms with van der Waals surface area (Å²) in [6.07, 6.45) is 0. The molecule has 2 aromatic carbocycles. The summed E-state index contributed by atoms with van der Waals surface area (Å²) in [4.78, 5) is 2.26. The average Bonchev–Trinajstić information content (AvgIpc) is 2.56. The van der Waals surface area contributed by atoms with E-state index in [0.29, 0.717) is 0 Å². The maximum atomic E-state index is 5.37. The van der Waals surface area contributed by atoms with E-state index in [4.69, 9.17) is 4.74 Å². The summed E-state index contributed by atoms with van der Waals surface area (Å²) in [5.74, 6) is 0.881. The van der Waals surface area contributed by atoms with E-state index in [0.717, 1.165) is 18.0 Å². The number of nitrogens with zero attached hydrogens (tertiary/aromatic N) is 1. The van der Waals surface area contributed by atoms with Gasteiger partial charge in [0.05, 0.1) is 12.8 Å². The summed E-state index contributed by atoms with van der Waals surface area (Å²) >= 11 is 0. The summed E-state index contributed by atoms with van der Waals surface area (Å²) in [6.45, 7) is 13.0. The van der Waals surface area contributed by atoms with E-state index in [9.17, 15) is 0 Å². The summed E-state index contributed by atoms with van der Waals surface area (Å²) in [6, 6.07) is 12.7. The summed E-state index contributed by atoms with van der Waals surface area (Å²) < 4.78 is 5.37. The third kappa shape index (κ3) is 3.85. The van der Waals surface area contributed by atoms with Crippen LogP contribution < -0.4 is 9.64 Å². The molecule has 0 aliphatic heterocycles. The van der Waals surface area contributed by atoms with Crippen LogP contribution in [0.3, 0.4) is 0 Å². The van der Waals surface area contributed by atoms with Gasteiger partial charge in [0.1, 0.15) is 5.75 Å². The molecule has 2 aromatic rings. The van der Waals surface area contributed by atoms with Crippen molar-refractivity contribution >= 4 is 5.69 Å². The topological polar surface area (TPSA) is 12.5 Å². The van der Waals surface area contributed by atoms with Crippen molar-refractivity contribution in [3.05, 3.63) is 76.7 Å². The summed E-state index contributed by atoms with van der Waals surface area (Å²) in [7, 11) is 1.70. The Bertz CT molecular complexity index is 754. The third-order valence-electron chi connectivity index (χ3n) is 4.20. The highest BCUT2D eigenvalue weighted by Gasteiger charge is 2.14. The molecule has 0 spiro atoms. The molecule has 23 heavy (non-hydrogen) atoms. The van der Waals surface area contributed by atoms with Gasteiger partial charge in [-0.1, -0.05) is 24.8 Å². The van der Waals surface area contributed by atoms with Gasteiger partial charge in [-0.25, -0.2) is 0 Å². The smallest absolute Gasteiger partial charge is 0.119 e. The number of hydrogen-bond acceptors (Lipinski definition) is 2.